The molecule has 0 saturated carbocycles. The van der Waals surface area contributed by atoms with E-state index in [0.29, 0.717) is 13.1 Å². The number of halogens is 2. The van der Waals surface area contributed by atoms with E-state index in [4.69, 9.17) is 0 Å². The van der Waals surface area contributed by atoms with Crippen LogP contribution in [0.1, 0.15) is 11.1 Å². The molecular weight excluding hydrogens is 321 g/mol. The summed E-state index contributed by atoms with van der Waals surface area (Å²) in [5.41, 5.74) is 2.06. The van der Waals surface area contributed by atoms with Crippen LogP contribution < -0.4 is 0 Å². The van der Waals surface area contributed by atoms with Crippen LogP contribution in [0.4, 0.5) is 4.39 Å². The summed E-state index contributed by atoms with van der Waals surface area (Å²) in [6.45, 7) is 1.95. The van der Waals surface area contributed by atoms with Gasteiger partial charge in [-0.1, -0.05) is 46.3 Å². The molecule has 0 aliphatic rings. The molecular formula is C16H17BrFNO. The van der Waals surface area contributed by atoms with Crippen molar-refractivity contribution in [3.05, 3.63) is 69.9 Å². The lowest BCUT2D eigenvalue weighted by molar-refractivity contribution is 0.184. The molecule has 2 rings (SSSR count). The van der Waals surface area contributed by atoms with Crippen molar-refractivity contribution < 1.29 is 9.50 Å². The average molecular weight is 338 g/mol. The molecule has 0 aliphatic carbocycles. The van der Waals surface area contributed by atoms with Crippen LogP contribution in [-0.2, 0) is 13.1 Å². The lowest BCUT2D eigenvalue weighted by Crippen LogP contribution is -2.26. The molecule has 2 aromatic carbocycles. The summed E-state index contributed by atoms with van der Waals surface area (Å²) in [6.07, 6.45) is 0. The van der Waals surface area contributed by atoms with Gasteiger partial charge < -0.3 is 5.11 Å². The van der Waals surface area contributed by atoms with E-state index in [9.17, 15) is 9.50 Å². The highest BCUT2D eigenvalue weighted by atomic mass is 79.9. The van der Waals surface area contributed by atoms with Crippen molar-refractivity contribution >= 4 is 15.9 Å². The predicted molar refractivity (Wildman–Crippen MR) is 81.7 cm³/mol. The highest BCUT2D eigenvalue weighted by molar-refractivity contribution is 9.10. The summed E-state index contributed by atoms with van der Waals surface area (Å²) in [6, 6.07) is 14.7. The molecule has 0 bridgehead atoms. The Morgan fingerprint density at radius 3 is 2.50 bits per heavy atom. The van der Waals surface area contributed by atoms with E-state index in [1.165, 1.54) is 17.7 Å². The SMILES string of the molecule is OCCN(Cc1ccccc1)Cc1cc(F)ccc1Br. The van der Waals surface area contributed by atoms with Crippen LogP contribution in [0.5, 0.6) is 0 Å². The number of hydrogen-bond acceptors (Lipinski definition) is 2. The Balaban J connectivity index is 2.11. The monoisotopic (exact) mass is 337 g/mol. The summed E-state index contributed by atoms with van der Waals surface area (Å²) in [7, 11) is 0. The zero-order valence-corrected chi connectivity index (χ0v) is 12.7. The van der Waals surface area contributed by atoms with Crippen molar-refractivity contribution in [2.75, 3.05) is 13.2 Å². The summed E-state index contributed by atoms with van der Waals surface area (Å²) < 4.78 is 14.2. The summed E-state index contributed by atoms with van der Waals surface area (Å²) in [4.78, 5) is 2.09. The molecule has 2 nitrogen and oxygen atoms in total. The second kappa shape index (κ2) is 7.53. The van der Waals surface area contributed by atoms with Gasteiger partial charge in [0.1, 0.15) is 5.82 Å². The maximum atomic E-state index is 13.3. The quantitative estimate of drug-likeness (QED) is 0.870. The molecule has 1 N–H and O–H groups in total. The number of benzene rings is 2. The first-order chi connectivity index (χ1) is 9.69. The average Bonchev–Trinajstić information content (AvgIpc) is 2.44. The van der Waals surface area contributed by atoms with Gasteiger partial charge in [-0.25, -0.2) is 4.39 Å². The second-order valence-corrected chi connectivity index (χ2v) is 5.51. The molecule has 0 heterocycles. The van der Waals surface area contributed by atoms with Crippen molar-refractivity contribution in [1.29, 1.82) is 0 Å². The third-order valence-corrected chi connectivity index (χ3v) is 3.84. The number of rotatable bonds is 6. The van der Waals surface area contributed by atoms with Crippen LogP contribution >= 0.6 is 15.9 Å². The van der Waals surface area contributed by atoms with Crippen LogP contribution in [0.3, 0.4) is 0 Å². The lowest BCUT2D eigenvalue weighted by Gasteiger charge is -2.22. The molecule has 0 atom stereocenters. The number of nitrogens with zero attached hydrogens (tertiary/aromatic N) is 1. The normalized spacial score (nSPS) is 11.0. The summed E-state index contributed by atoms with van der Waals surface area (Å²) >= 11 is 3.44. The molecule has 4 heteroatoms. The van der Waals surface area contributed by atoms with Crippen LogP contribution in [0.15, 0.2) is 53.0 Å². The fraction of sp³-hybridized carbons (Fsp3) is 0.250. The van der Waals surface area contributed by atoms with Crippen molar-refractivity contribution in [2.45, 2.75) is 13.1 Å². The Hall–Kier alpha value is -1.23. The third kappa shape index (κ3) is 4.40. The molecule has 106 valence electrons. The first kappa shape index (κ1) is 15.2. The van der Waals surface area contributed by atoms with Gasteiger partial charge in [-0.2, -0.15) is 0 Å². The Morgan fingerprint density at radius 2 is 1.80 bits per heavy atom. The van der Waals surface area contributed by atoms with Gasteiger partial charge in [-0.3, -0.25) is 4.90 Å². The van der Waals surface area contributed by atoms with Crippen molar-refractivity contribution in [1.82, 2.24) is 4.90 Å². The van der Waals surface area contributed by atoms with Crippen molar-refractivity contribution in [2.24, 2.45) is 0 Å². The van der Waals surface area contributed by atoms with E-state index >= 15 is 0 Å². The molecule has 20 heavy (non-hydrogen) atoms. The Morgan fingerprint density at radius 1 is 1.05 bits per heavy atom. The minimum atomic E-state index is -0.244. The smallest absolute Gasteiger partial charge is 0.123 e. The van der Waals surface area contributed by atoms with Gasteiger partial charge in [0.2, 0.25) is 0 Å². The van der Waals surface area contributed by atoms with Gasteiger partial charge in [0.05, 0.1) is 6.61 Å². The number of aliphatic hydroxyl groups excluding tert-OH is 1. The van der Waals surface area contributed by atoms with E-state index in [1.807, 2.05) is 30.3 Å². The van der Waals surface area contributed by atoms with Gasteiger partial charge in [0.15, 0.2) is 0 Å². The van der Waals surface area contributed by atoms with Gasteiger partial charge in [-0.05, 0) is 29.3 Å². The van der Waals surface area contributed by atoms with Gasteiger partial charge >= 0.3 is 0 Å². The number of aliphatic hydroxyl groups is 1. The van der Waals surface area contributed by atoms with Gasteiger partial charge in [0.25, 0.3) is 0 Å². The molecule has 0 spiro atoms. The minimum Gasteiger partial charge on any atom is -0.395 e. The van der Waals surface area contributed by atoms with Crippen molar-refractivity contribution in [3.8, 4) is 0 Å². The van der Waals surface area contributed by atoms with E-state index < -0.39 is 0 Å². The predicted octanol–water partition coefficient (Wildman–Crippen LogP) is 3.58. The maximum Gasteiger partial charge on any atom is 0.123 e. The van der Waals surface area contributed by atoms with E-state index in [1.54, 1.807) is 6.07 Å². The first-order valence-electron chi connectivity index (χ1n) is 6.50. The fourth-order valence-electron chi connectivity index (χ4n) is 2.10. The summed E-state index contributed by atoms with van der Waals surface area (Å²) in [5.74, 6) is -0.244. The molecule has 0 aliphatic heterocycles. The standard InChI is InChI=1S/C16H17BrFNO/c17-16-7-6-15(18)10-14(16)12-19(8-9-20)11-13-4-2-1-3-5-13/h1-7,10,20H,8-9,11-12H2. The van der Waals surface area contributed by atoms with Gasteiger partial charge in [0, 0.05) is 24.1 Å². The maximum absolute atomic E-state index is 13.3. The molecule has 0 amide bonds. The van der Waals surface area contributed by atoms with Crippen LogP contribution in [0.25, 0.3) is 0 Å². The van der Waals surface area contributed by atoms with Crippen LogP contribution in [0.2, 0.25) is 0 Å². The van der Waals surface area contributed by atoms with E-state index in [0.717, 1.165) is 16.6 Å². The Bertz CT molecular complexity index is 547. The molecule has 0 unspecified atom stereocenters. The highest BCUT2D eigenvalue weighted by Crippen LogP contribution is 2.20. The second-order valence-electron chi connectivity index (χ2n) is 4.66. The molecule has 0 aromatic heterocycles. The Kier molecular flexibility index (Phi) is 5.71. The fourth-order valence-corrected chi connectivity index (χ4v) is 2.47. The number of hydrogen-bond donors (Lipinski definition) is 1. The molecule has 2 aromatic rings. The summed E-state index contributed by atoms with van der Waals surface area (Å²) in [5, 5.41) is 9.19. The minimum absolute atomic E-state index is 0.0831. The van der Waals surface area contributed by atoms with E-state index in [2.05, 4.69) is 20.8 Å². The van der Waals surface area contributed by atoms with Crippen LogP contribution in [-0.4, -0.2) is 23.2 Å². The van der Waals surface area contributed by atoms with Crippen molar-refractivity contribution in [3.63, 3.8) is 0 Å². The first-order valence-corrected chi connectivity index (χ1v) is 7.29. The Labute approximate surface area is 127 Å². The zero-order chi connectivity index (χ0) is 14.4. The third-order valence-electron chi connectivity index (χ3n) is 3.07. The largest absolute Gasteiger partial charge is 0.395 e. The molecule has 0 saturated heterocycles. The molecule has 0 fully saturated rings. The zero-order valence-electron chi connectivity index (χ0n) is 11.1. The van der Waals surface area contributed by atoms with Crippen LogP contribution in [0, 0.1) is 5.82 Å². The lowest BCUT2D eigenvalue weighted by atomic mass is 10.1. The van der Waals surface area contributed by atoms with E-state index in [-0.39, 0.29) is 12.4 Å². The van der Waals surface area contributed by atoms with Gasteiger partial charge in [-0.15, -0.1) is 0 Å². The topological polar surface area (TPSA) is 23.5 Å². The molecule has 0 radical (unpaired) electrons. The highest BCUT2D eigenvalue weighted by Gasteiger charge is 2.09.